The lowest BCUT2D eigenvalue weighted by Crippen LogP contribution is -2.34. The average Bonchev–Trinajstić information content (AvgIpc) is 2.22. The summed E-state index contributed by atoms with van der Waals surface area (Å²) in [7, 11) is 0. The molecule has 0 rings (SSSR count). The van der Waals surface area contributed by atoms with Crippen LogP contribution >= 0.6 is 0 Å². The average molecular weight is 190 g/mol. The second kappa shape index (κ2) is 11.8. The van der Waals surface area contributed by atoms with Crippen molar-refractivity contribution in [2.75, 3.05) is 45.8 Å². The Morgan fingerprint density at radius 2 is 1.62 bits per heavy atom. The summed E-state index contributed by atoms with van der Waals surface area (Å²) in [5.41, 5.74) is 5.32. The van der Waals surface area contributed by atoms with E-state index in [1.165, 1.54) is 10.6 Å². The topological polar surface area (TPSA) is 62.1 Å². The molecule has 13 heavy (non-hydrogen) atoms. The molecule has 80 valence electrons. The minimum Gasteiger partial charge on any atom is -0.329 e. The van der Waals surface area contributed by atoms with Crippen molar-refractivity contribution in [3.8, 4) is 0 Å². The molecule has 0 aliphatic rings. The Hall–Kier alpha value is -0.160. The largest absolute Gasteiger partial charge is 0.329 e. The molecule has 0 fully saturated rings. The number of nitrogens with two attached hydrogens (primary N) is 1. The quantitative estimate of drug-likeness (QED) is 0.338. The van der Waals surface area contributed by atoms with Gasteiger partial charge in [-0.05, 0) is 13.0 Å². The molecule has 0 aromatic rings. The Labute approximate surface area is 84.6 Å². The number of hydrogen-bond acceptors (Lipinski definition) is 4. The standard InChI is InChI=1S/C9H24N4/c1-2-4-11-6-8-13-9-7-12-5-3-10/h11-13H,2-10H2,1H3/i/hD2. The van der Waals surface area contributed by atoms with Gasteiger partial charge in [-0.2, -0.15) is 0 Å². The summed E-state index contributed by atoms with van der Waals surface area (Å²) >= 11 is 0. The van der Waals surface area contributed by atoms with Gasteiger partial charge in [0.2, 0.25) is 0 Å². The highest BCUT2D eigenvalue weighted by atomic mass is 15.0. The number of nitrogens with one attached hydrogen (secondary N) is 3. The summed E-state index contributed by atoms with van der Waals surface area (Å²) in [5.74, 6) is 0. The third-order valence-electron chi connectivity index (χ3n) is 1.57. The molecule has 0 unspecified atom stereocenters. The summed E-state index contributed by atoms with van der Waals surface area (Å²) in [4.78, 5) is 0. The molecule has 4 heteroatoms. The smallest absolute Gasteiger partial charge is 0.122 e. The lowest BCUT2D eigenvalue weighted by atomic mass is 10.4. The Morgan fingerprint density at radius 1 is 1.00 bits per heavy atom. The molecule has 0 aliphatic heterocycles. The minimum atomic E-state index is 0.619. The first-order valence-corrected chi connectivity index (χ1v) is 5.09. The summed E-state index contributed by atoms with van der Waals surface area (Å²) in [5, 5.41) is 6.13. The van der Waals surface area contributed by atoms with Gasteiger partial charge in [0.1, 0.15) is 2.82 Å². The van der Waals surface area contributed by atoms with Crippen LogP contribution in [0.1, 0.15) is 13.3 Å². The van der Waals surface area contributed by atoms with Crippen LogP contribution in [-0.2, 0) is 0 Å². The lowest BCUT2D eigenvalue weighted by Gasteiger charge is -2.06. The van der Waals surface area contributed by atoms with Gasteiger partial charge in [0.25, 0.3) is 0 Å². The Morgan fingerprint density at radius 3 is 2.23 bits per heavy atom. The van der Waals surface area contributed by atoms with Crippen LogP contribution in [0.4, 0.5) is 0 Å². The third kappa shape index (κ3) is 11.8. The van der Waals surface area contributed by atoms with E-state index < -0.39 is 0 Å². The zero-order valence-electron chi connectivity index (χ0n) is 10.6. The first kappa shape index (κ1) is 9.40. The molecular formula is C9H24N4. The van der Waals surface area contributed by atoms with Crippen LogP contribution in [0.2, 0.25) is 2.82 Å². The van der Waals surface area contributed by atoms with Gasteiger partial charge in [0.05, 0.1) is 0 Å². The first-order chi connectivity index (χ1) is 7.20. The molecule has 0 aliphatic carbocycles. The van der Waals surface area contributed by atoms with E-state index in [0.717, 1.165) is 26.1 Å². The monoisotopic (exact) mass is 190 g/mol. The molecule has 4 nitrogen and oxygen atoms in total. The molecule has 0 saturated carbocycles. The Kier molecular flexibility index (Phi) is 8.56. The van der Waals surface area contributed by atoms with E-state index in [4.69, 9.17) is 8.56 Å². The van der Waals surface area contributed by atoms with Crippen molar-refractivity contribution in [3.05, 3.63) is 0 Å². The predicted octanol–water partition coefficient (Wildman–Crippen LogP) is -0.876. The van der Waals surface area contributed by atoms with Gasteiger partial charge in [-0.15, -0.1) is 0 Å². The van der Waals surface area contributed by atoms with Crippen molar-refractivity contribution in [3.63, 3.8) is 0 Å². The maximum Gasteiger partial charge on any atom is 0.122 e. The molecule has 0 aromatic heterocycles. The van der Waals surface area contributed by atoms with Crippen molar-refractivity contribution in [2.45, 2.75) is 13.3 Å². The predicted molar refractivity (Wildman–Crippen MR) is 58.0 cm³/mol. The second-order valence-corrected chi connectivity index (χ2v) is 2.88. The highest BCUT2D eigenvalue weighted by Crippen LogP contribution is 1.67. The van der Waals surface area contributed by atoms with Crippen LogP contribution in [0.25, 0.3) is 0 Å². The van der Waals surface area contributed by atoms with E-state index in [1.54, 1.807) is 0 Å². The molecule has 0 radical (unpaired) electrons. The van der Waals surface area contributed by atoms with E-state index in [0.29, 0.717) is 26.2 Å². The SMILES string of the molecule is [2H]N(CCC)CCN([2H])CCNCCN. The van der Waals surface area contributed by atoms with Crippen LogP contribution in [0.5, 0.6) is 0 Å². The normalized spacial score (nSPS) is 13.5. The molecule has 0 saturated heterocycles. The number of rotatable bonds is 10. The van der Waals surface area contributed by atoms with E-state index in [1.807, 2.05) is 0 Å². The maximum atomic E-state index is 7.59. The lowest BCUT2D eigenvalue weighted by molar-refractivity contribution is 0.581. The fourth-order valence-corrected chi connectivity index (χ4v) is 0.908. The summed E-state index contributed by atoms with van der Waals surface area (Å²) in [6.07, 6.45) is 0.986. The van der Waals surface area contributed by atoms with Gasteiger partial charge >= 0.3 is 0 Å². The van der Waals surface area contributed by atoms with Gasteiger partial charge in [-0.25, -0.2) is 0 Å². The zero-order valence-corrected chi connectivity index (χ0v) is 8.63. The van der Waals surface area contributed by atoms with E-state index in [-0.39, 0.29) is 0 Å². The van der Waals surface area contributed by atoms with Crippen LogP contribution in [-0.4, -0.2) is 45.8 Å². The Balaban J connectivity index is 3.28. The van der Waals surface area contributed by atoms with Crippen molar-refractivity contribution in [1.82, 2.24) is 15.9 Å². The van der Waals surface area contributed by atoms with Crippen LogP contribution in [0.15, 0.2) is 0 Å². The van der Waals surface area contributed by atoms with Gasteiger partial charge in [-0.3, -0.25) is 0 Å². The molecule has 0 spiro atoms. The number of hydrogen-bond donors (Lipinski definition) is 4. The van der Waals surface area contributed by atoms with Crippen LogP contribution in [0.3, 0.4) is 0 Å². The molecule has 0 atom stereocenters. The van der Waals surface area contributed by atoms with Crippen molar-refractivity contribution >= 4 is 0 Å². The van der Waals surface area contributed by atoms with Gasteiger partial charge < -0.3 is 21.7 Å². The molecule has 0 heterocycles. The fourth-order valence-electron chi connectivity index (χ4n) is 0.908. The molecule has 0 aromatic carbocycles. The van der Waals surface area contributed by atoms with Crippen molar-refractivity contribution in [1.29, 1.82) is 0 Å². The van der Waals surface area contributed by atoms with Crippen molar-refractivity contribution in [2.24, 2.45) is 5.73 Å². The highest BCUT2D eigenvalue weighted by Gasteiger charge is 1.87. The fraction of sp³-hybridized carbons (Fsp3) is 1.00. The Bertz CT molecular complexity index is 137. The molecular weight excluding hydrogens is 164 g/mol. The summed E-state index contributed by atoms with van der Waals surface area (Å²) in [6, 6.07) is 0. The van der Waals surface area contributed by atoms with Gasteiger partial charge in [0.15, 0.2) is 0 Å². The maximum absolute atomic E-state index is 7.59. The van der Waals surface area contributed by atoms with Crippen LogP contribution in [0, 0.1) is 0 Å². The van der Waals surface area contributed by atoms with E-state index in [2.05, 4.69) is 12.2 Å². The molecule has 5 N–H and O–H groups in total. The summed E-state index contributed by atoms with van der Waals surface area (Å²) < 4.78 is 15.1. The first-order valence-electron chi connectivity index (χ1n) is 5.98. The van der Waals surface area contributed by atoms with Crippen molar-refractivity contribution < 1.29 is 2.82 Å². The van der Waals surface area contributed by atoms with E-state index >= 15 is 0 Å². The second-order valence-electron chi connectivity index (χ2n) is 2.88. The highest BCUT2D eigenvalue weighted by molar-refractivity contribution is 4.54. The molecule has 0 amide bonds. The van der Waals surface area contributed by atoms with Crippen LogP contribution < -0.4 is 21.7 Å². The minimum absolute atomic E-state index is 0.619. The molecule has 0 bridgehead atoms. The van der Waals surface area contributed by atoms with Gasteiger partial charge in [-0.1, -0.05) is 6.92 Å². The van der Waals surface area contributed by atoms with Gasteiger partial charge in [0, 0.05) is 39.3 Å². The summed E-state index contributed by atoms with van der Waals surface area (Å²) in [6.45, 7) is 6.98. The zero-order chi connectivity index (χ0) is 11.5. The third-order valence-corrected chi connectivity index (χ3v) is 1.57. The van der Waals surface area contributed by atoms with E-state index in [9.17, 15) is 0 Å².